The Morgan fingerprint density at radius 1 is 1.10 bits per heavy atom. The topological polar surface area (TPSA) is 60.3 Å². The Bertz CT molecular complexity index is 860. The lowest BCUT2D eigenvalue weighted by Gasteiger charge is -2.26. The molecule has 1 saturated carbocycles. The average Bonchev–Trinajstić information content (AvgIpc) is 3.41. The Morgan fingerprint density at radius 3 is 2.40 bits per heavy atom. The van der Waals surface area contributed by atoms with Crippen molar-refractivity contribution in [2.45, 2.75) is 63.1 Å². The zero-order valence-corrected chi connectivity index (χ0v) is 19.1. The SMILES string of the molecule is CC(C)(C)c1ccc(-c2nnc(SCC(=O)N3CCOCC3)n2C2CCCC2)cc1. The largest absolute Gasteiger partial charge is 0.378 e. The molecule has 0 bridgehead atoms. The highest BCUT2D eigenvalue weighted by Gasteiger charge is 2.26. The predicted octanol–water partition coefficient (Wildman–Crippen LogP) is 4.31. The molecule has 7 heteroatoms. The fourth-order valence-corrected chi connectivity index (χ4v) is 5.12. The van der Waals surface area contributed by atoms with Crippen LogP contribution in [0.25, 0.3) is 11.4 Å². The minimum atomic E-state index is 0.124. The summed E-state index contributed by atoms with van der Waals surface area (Å²) in [6, 6.07) is 9.11. The Kier molecular flexibility index (Phi) is 6.48. The van der Waals surface area contributed by atoms with Crippen LogP contribution in [0.15, 0.2) is 29.4 Å². The molecule has 1 aromatic carbocycles. The third-order valence-electron chi connectivity index (χ3n) is 6.05. The standard InChI is InChI=1S/C23H32N4O2S/c1-23(2,3)18-10-8-17(9-11-18)21-24-25-22(27(21)19-6-4-5-7-19)30-16-20(28)26-12-14-29-15-13-26/h8-11,19H,4-7,12-16H2,1-3H3. The second-order valence-electron chi connectivity index (χ2n) is 9.22. The van der Waals surface area contributed by atoms with Crippen molar-refractivity contribution in [2.75, 3.05) is 32.1 Å². The second-order valence-corrected chi connectivity index (χ2v) is 10.2. The van der Waals surface area contributed by atoms with Crippen molar-refractivity contribution in [3.05, 3.63) is 29.8 Å². The zero-order chi connectivity index (χ0) is 21.1. The summed E-state index contributed by atoms with van der Waals surface area (Å²) < 4.78 is 7.64. The van der Waals surface area contributed by atoms with Crippen LogP contribution in [0.1, 0.15) is 58.1 Å². The minimum Gasteiger partial charge on any atom is -0.378 e. The molecule has 0 atom stereocenters. The molecule has 2 fully saturated rings. The van der Waals surface area contributed by atoms with E-state index in [4.69, 9.17) is 4.74 Å². The van der Waals surface area contributed by atoms with E-state index in [0.717, 1.165) is 29.4 Å². The van der Waals surface area contributed by atoms with Gasteiger partial charge in [-0.3, -0.25) is 9.36 Å². The van der Waals surface area contributed by atoms with Gasteiger partial charge in [0.15, 0.2) is 11.0 Å². The van der Waals surface area contributed by atoms with Gasteiger partial charge in [-0.1, -0.05) is 69.6 Å². The number of carbonyl (C=O) groups is 1. The molecule has 4 rings (SSSR count). The number of ether oxygens (including phenoxy) is 1. The van der Waals surface area contributed by atoms with Crippen LogP contribution < -0.4 is 0 Å². The molecule has 1 saturated heterocycles. The van der Waals surface area contributed by atoms with E-state index >= 15 is 0 Å². The highest BCUT2D eigenvalue weighted by atomic mass is 32.2. The number of hydrogen-bond donors (Lipinski definition) is 0. The van der Waals surface area contributed by atoms with Gasteiger partial charge in [-0.25, -0.2) is 0 Å². The normalized spacial score (nSPS) is 18.2. The molecule has 0 N–H and O–H groups in total. The van der Waals surface area contributed by atoms with Crippen LogP contribution in [0.2, 0.25) is 0 Å². The molecule has 0 unspecified atom stereocenters. The van der Waals surface area contributed by atoms with Gasteiger partial charge in [0, 0.05) is 24.7 Å². The number of thioether (sulfide) groups is 1. The molecule has 0 radical (unpaired) electrons. The second kappa shape index (κ2) is 9.10. The molecule has 1 aromatic heterocycles. The van der Waals surface area contributed by atoms with E-state index in [0.29, 0.717) is 38.1 Å². The van der Waals surface area contributed by atoms with Crippen molar-refractivity contribution >= 4 is 17.7 Å². The van der Waals surface area contributed by atoms with E-state index in [-0.39, 0.29) is 11.3 Å². The summed E-state index contributed by atoms with van der Waals surface area (Å²) in [5, 5.41) is 9.93. The van der Waals surface area contributed by atoms with Gasteiger partial charge >= 0.3 is 0 Å². The molecule has 2 aliphatic rings. The first-order chi connectivity index (χ1) is 14.4. The van der Waals surface area contributed by atoms with Crippen LogP contribution in [0.4, 0.5) is 0 Å². The number of amides is 1. The first kappa shape index (κ1) is 21.4. The molecule has 0 spiro atoms. The first-order valence-corrected chi connectivity index (χ1v) is 12.0. The number of carbonyl (C=O) groups excluding carboxylic acids is 1. The van der Waals surface area contributed by atoms with Crippen molar-refractivity contribution in [3.8, 4) is 11.4 Å². The molecule has 1 aliphatic heterocycles. The third-order valence-corrected chi connectivity index (χ3v) is 6.98. The van der Waals surface area contributed by atoms with Gasteiger partial charge in [-0.05, 0) is 23.8 Å². The number of rotatable bonds is 5. The highest BCUT2D eigenvalue weighted by molar-refractivity contribution is 7.99. The molecule has 30 heavy (non-hydrogen) atoms. The van der Waals surface area contributed by atoms with Crippen LogP contribution in [0, 0.1) is 0 Å². The summed E-state index contributed by atoms with van der Waals surface area (Å²) in [7, 11) is 0. The fraction of sp³-hybridized carbons (Fsp3) is 0.609. The van der Waals surface area contributed by atoms with Crippen molar-refractivity contribution in [2.24, 2.45) is 0 Å². The average molecular weight is 429 g/mol. The minimum absolute atomic E-state index is 0.124. The Balaban J connectivity index is 1.56. The van der Waals surface area contributed by atoms with Crippen molar-refractivity contribution in [1.82, 2.24) is 19.7 Å². The van der Waals surface area contributed by atoms with Crippen LogP contribution in [-0.4, -0.2) is 57.6 Å². The predicted molar refractivity (Wildman–Crippen MR) is 120 cm³/mol. The van der Waals surface area contributed by atoms with Crippen molar-refractivity contribution in [3.63, 3.8) is 0 Å². The molecular weight excluding hydrogens is 396 g/mol. The van der Waals surface area contributed by atoms with E-state index < -0.39 is 0 Å². The maximum Gasteiger partial charge on any atom is 0.233 e. The quantitative estimate of drug-likeness (QED) is 0.664. The summed E-state index contributed by atoms with van der Waals surface area (Å²) in [5.41, 5.74) is 2.52. The van der Waals surface area contributed by atoms with Gasteiger partial charge < -0.3 is 9.64 Å². The van der Waals surface area contributed by atoms with E-state index in [1.807, 2.05) is 4.90 Å². The maximum absolute atomic E-state index is 12.6. The van der Waals surface area contributed by atoms with Crippen LogP contribution in [0.5, 0.6) is 0 Å². The van der Waals surface area contributed by atoms with Crippen LogP contribution >= 0.6 is 11.8 Å². The lowest BCUT2D eigenvalue weighted by molar-refractivity contribution is -0.132. The van der Waals surface area contributed by atoms with Crippen LogP contribution in [-0.2, 0) is 14.9 Å². The molecule has 2 heterocycles. The summed E-state index contributed by atoms with van der Waals surface area (Å²) in [4.78, 5) is 14.5. The molecule has 2 aromatic rings. The fourth-order valence-electron chi connectivity index (χ4n) is 4.21. The number of hydrogen-bond acceptors (Lipinski definition) is 5. The van der Waals surface area contributed by atoms with Gasteiger partial charge in [0.1, 0.15) is 0 Å². The first-order valence-electron chi connectivity index (χ1n) is 11.0. The van der Waals surface area contributed by atoms with E-state index in [9.17, 15) is 4.79 Å². The Hall–Kier alpha value is -1.86. The molecular formula is C23H32N4O2S. The Labute approximate surface area is 183 Å². The number of benzene rings is 1. The summed E-state index contributed by atoms with van der Waals surface area (Å²) >= 11 is 1.52. The summed E-state index contributed by atoms with van der Waals surface area (Å²) in [5.74, 6) is 1.47. The van der Waals surface area contributed by atoms with Gasteiger partial charge in [0.05, 0.1) is 19.0 Å². The van der Waals surface area contributed by atoms with E-state index in [1.165, 1.54) is 30.2 Å². The zero-order valence-electron chi connectivity index (χ0n) is 18.3. The monoisotopic (exact) mass is 428 g/mol. The van der Waals surface area contributed by atoms with Crippen molar-refractivity contribution < 1.29 is 9.53 Å². The van der Waals surface area contributed by atoms with Crippen LogP contribution in [0.3, 0.4) is 0 Å². The third kappa shape index (κ3) is 4.72. The smallest absolute Gasteiger partial charge is 0.233 e. The number of aromatic nitrogens is 3. The lowest BCUT2D eigenvalue weighted by Crippen LogP contribution is -2.41. The number of morpholine rings is 1. The number of nitrogens with zero attached hydrogens (tertiary/aromatic N) is 4. The van der Waals surface area contributed by atoms with Gasteiger partial charge in [0.25, 0.3) is 0 Å². The molecule has 1 aliphatic carbocycles. The summed E-state index contributed by atoms with van der Waals surface area (Å²) in [6.45, 7) is 9.29. The van der Waals surface area contributed by atoms with Gasteiger partial charge in [0.2, 0.25) is 5.91 Å². The Morgan fingerprint density at radius 2 is 1.77 bits per heavy atom. The lowest BCUT2D eigenvalue weighted by atomic mass is 9.86. The molecule has 6 nitrogen and oxygen atoms in total. The molecule has 162 valence electrons. The van der Waals surface area contributed by atoms with E-state index in [2.05, 4.69) is 59.8 Å². The van der Waals surface area contributed by atoms with Gasteiger partial charge in [-0.2, -0.15) is 0 Å². The van der Waals surface area contributed by atoms with E-state index in [1.54, 1.807) is 0 Å². The summed E-state index contributed by atoms with van der Waals surface area (Å²) in [6.07, 6.45) is 4.77. The highest BCUT2D eigenvalue weighted by Crippen LogP contribution is 2.37. The van der Waals surface area contributed by atoms with Crippen molar-refractivity contribution in [1.29, 1.82) is 0 Å². The van der Waals surface area contributed by atoms with Gasteiger partial charge in [-0.15, -0.1) is 10.2 Å². The maximum atomic E-state index is 12.6. The molecule has 1 amide bonds.